The minimum absolute atomic E-state index is 0.0246. The minimum Gasteiger partial charge on any atom is -0.488 e. The zero-order valence-corrected chi connectivity index (χ0v) is 42.7. The standard InChI is InChI=1S/C50H47ClF2N2O23/c1-27(56)68-22-73-43-17-42-35(15-37(43)53)50(34-14-36(52)40(61)16-41(34)78-42)32-6-8-38(54(18-46(62)74-23-69-28(2)57)19-47(63)75-24-70-29(3)58)44(12-32)66-10-11-67-45-13-33(51)7-9-39(45)55(20-48(64)76-25-71-30(4)59)21-49(65)77-26-72-31(5)60/h6-9,12-17H,10-11,18-26H2,1-5H3. The number of fused-ring (bicyclic) bond motifs is 2. The number of halogens is 3. The van der Waals surface area contributed by atoms with Gasteiger partial charge >= 0.3 is 53.7 Å². The molecule has 0 saturated heterocycles. The molecular weight excluding hydrogens is 1070 g/mol. The highest BCUT2D eigenvalue weighted by Gasteiger charge is 2.27. The van der Waals surface area contributed by atoms with Gasteiger partial charge in [0.1, 0.15) is 62.2 Å². The van der Waals surface area contributed by atoms with Gasteiger partial charge in [0.15, 0.2) is 17.4 Å². The summed E-state index contributed by atoms with van der Waals surface area (Å²) in [6.07, 6.45) is 0. The molecule has 2 aliphatic rings. The molecule has 1 heterocycles. The second kappa shape index (κ2) is 28.6. The number of hydrogen-bond acceptors (Lipinski definition) is 25. The Morgan fingerprint density at radius 2 is 0.923 bits per heavy atom. The third-order valence-electron chi connectivity index (χ3n) is 9.96. The summed E-state index contributed by atoms with van der Waals surface area (Å²) in [6, 6.07) is 11.9. The highest BCUT2D eigenvalue weighted by molar-refractivity contribution is 6.30. The normalized spacial score (nSPS) is 10.6. The maximum absolute atomic E-state index is 15.9. The number of carbonyl (C=O) groups excluding carboxylic acids is 9. The van der Waals surface area contributed by atoms with Gasteiger partial charge in [0.2, 0.25) is 39.4 Å². The Morgan fingerprint density at radius 1 is 0.487 bits per heavy atom. The highest BCUT2D eigenvalue weighted by Crippen LogP contribution is 2.44. The maximum atomic E-state index is 15.9. The second-order valence-corrected chi connectivity index (χ2v) is 16.2. The van der Waals surface area contributed by atoms with E-state index in [0.29, 0.717) is 0 Å². The Bertz CT molecular complexity index is 3020. The summed E-state index contributed by atoms with van der Waals surface area (Å²) in [6.45, 7) is -2.26. The molecule has 3 aromatic carbocycles. The molecule has 0 N–H and O–H groups in total. The molecule has 1 aliphatic carbocycles. The summed E-state index contributed by atoms with van der Waals surface area (Å²) in [5, 5.41) is 0.0776. The zero-order chi connectivity index (χ0) is 57.1. The molecule has 0 spiro atoms. The summed E-state index contributed by atoms with van der Waals surface area (Å²) in [5.74, 6) is -11.0. The average molecular weight is 1120 g/mol. The Kier molecular flexibility index (Phi) is 21.8. The smallest absolute Gasteiger partial charge is 0.328 e. The Balaban J connectivity index is 1.60. The molecular formula is C50H47ClF2N2O23. The van der Waals surface area contributed by atoms with Crippen LogP contribution in [-0.2, 0) is 85.8 Å². The van der Waals surface area contributed by atoms with E-state index in [1.807, 2.05) is 0 Å². The summed E-state index contributed by atoms with van der Waals surface area (Å²) in [4.78, 5) is 124. The lowest BCUT2D eigenvalue weighted by Crippen LogP contribution is -2.37. The van der Waals surface area contributed by atoms with Crippen molar-refractivity contribution in [2.75, 3.05) is 83.2 Å². The molecule has 3 aromatic rings. The maximum Gasteiger partial charge on any atom is 0.328 e. The summed E-state index contributed by atoms with van der Waals surface area (Å²) in [7, 11) is 0. The first-order valence-corrected chi connectivity index (χ1v) is 23.0. The second-order valence-electron chi connectivity index (χ2n) is 15.7. The van der Waals surface area contributed by atoms with Crippen molar-refractivity contribution in [1.82, 2.24) is 0 Å². The van der Waals surface area contributed by atoms with E-state index in [1.165, 1.54) is 36.4 Å². The Morgan fingerprint density at radius 3 is 1.38 bits per heavy atom. The zero-order valence-electron chi connectivity index (χ0n) is 42.0. The van der Waals surface area contributed by atoms with Crippen LogP contribution in [0.15, 0.2) is 69.9 Å². The van der Waals surface area contributed by atoms with Crippen molar-refractivity contribution in [3.8, 4) is 39.7 Å². The Labute approximate surface area is 444 Å². The molecule has 0 aromatic heterocycles. The summed E-state index contributed by atoms with van der Waals surface area (Å²) in [5.41, 5.74) is -1.12. The van der Waals surface area contributed by atoms with Crippen LogP contribution in [0.2, 0.25) is 5.02 Å². The van der Waals surface area contributed by atoms with Crippen LogP contribution in [0.25, 0.3) is 33.4 Å². The van der Waals surface area contributed by atoms with Gasteiger partial charge < -0.3 is 71.1 Å². The fourth-order valence-electron chi connectivity index (χ4n) is 6.68. The topological polar surface area (TPSA) is 301 Å². The summed E-state index contributed by atoms with van der Waals surface area (Å²) < 4.78 is 98.2. The Hall–Kier alpha value is -9.27. The van der Waals surface area contributed by atoms with Crippen LogP contribution in [0, 0.1) is 11.6 Å². The van der Waals surface area contributed by atoms with E-state index in [2.05, 4.69) is 9.47 Å². The molecule has 0 radical (unpaired) electrons. The third-order valence-corrected chi connectivity index (χ3v) is 10.2. The number of benzene rings is 4. The first kappa shape index (κ1) is 59.6. The molecule has 78 heavy (non-hydrogen) atoms. The van der Waals surface area contributed by atoms with Crippen LogP contribution >= 0.6 is 11.6 Å². The van der Waals surface area contributed by atoms with Crippen molar-refractivity contribution < 1.29 is 113 Å². The lowest BCUT2D eigenvalue weighted by Gasteiger charge is -2.26. The van der Waals surface area contributed by atoms with E-state index in [4.69, 9.17) is 63.4 Å². The van der Waals surface area contributed by atoms with E-state index >= 15 is 8.78 Å². The predicted molar refractivity (Wildman–Crippen MR) is 259 cm³/mol. The quantitative estimate of drug-likeness (QED) is 0.0226. The predicted octanol–water partition coefficient (Wildman–Crippen LogP) is 4.72. The largest absolute Gasteiger partial charge is 0.488 e. The van der Waals surface area contributed by atoms with Crippen LogP contribution in [0.5, 0.6) is 17.2 Å². The lowest BCUT2D eigenvalue weighted by molar-refractivity contribution is -0.167. The van der Waals surface area contributed by atoms with Crippen LogP contribution < -0.4 is 29.4 Å². The SMILES string of the molecule is CC(=O)OCOC(=O)CN(CC(=O)OCOC(C)=O)c1ccc(Cl)cc1OCCOc1cc(-c2c3cc(F)c(=O)cc-3oc3cc(OCOC(C)=O)c(F)cc23)ccc1N(CC(=O)OCOC(C)=O)CC(=O)OCOC(C)=O. The van der Waals surface area contributed by atoms with Crippen molar-refractivity contribution in [2.24, 2.45) is 0 Å². The van der Waals surface area contributed by atoms with Crippen molar-refractivity contribution in [2.45, 2.75) is 34.6 Å². The number of esters is 9. The van der Waals surface area contributed by atoms with E-state index in [-0.39, 0.29) is 61.3 Å². The number of hydrogen-bond donors (Lipinski definition) is 0. The summed E-state index contributed by atoms with van der Waals surface area (Å²) >= 11 is 6.36. The molecule has 28 heteroatoms. The fourth-order valence-corrected chi connectivity index (χ4v) is 6.84. The molecule has 25 nitrogen and oxygen atoms in total. The number of ether oxygens (including phenoxy) is 12. The van der Waals surface area contributed by atoms with Gasteiger partial charge in [-0.15, -0.1) is 0 Å². The number of nitrogens with zero attached hydrogens (tertiary/aromatic N) is 2. The van der Waals surface area contributed by atoms with Crippen molar-refractivity contribution in [3.63, 3.8) is 0 Å². The average Bonchev–Trinajstić information content (AvgIpc) is 3.44. The van der Waals surface area contributed by atoms with Crippen LogP contribution in [0.3, 0.4) is 0 Å². The minimum atomic E-state index is -1.22. The van der Waals surface area contributed by atoms with Crippen LogP contribution in [0.1, 0.15) is 34.6 Å². The van der Waals surface area contributed by atoms with E-state index in [0.717, 1.165) is 68.7 Å². The highest BCUT2D eigenvalue weighted by atomic mass is 35.5. The van der Waals surface area contributed by atoms with Gasteiger partial charge in [0.05, 0.1) is 11.4 Å². The van der Waals surface area contributed by atoms with Crippen molar-refractivity contribution >= 4 is 87.7 Å². The molecule has 1 aliphatic heterocycles. The number of rotatable bonds is 27. The molecule has 0 atom stereocenters. The van der Waals surface area contributed by atoms with E-state index in [9.17, 15) is 47.9 Å². The third kappa shape index (κ3) is 18.2. The van der Waals surface area contributed by atoms with Gasteiger partial charge in [-0.2, -0.15) is 0 Å². The molecule has 5 rings (SSSR count). The fraction of sp³-hybridized carbons (Fsp3) is 0.320. The monoisotopic (exact) mass is 1120 g/mol. The van der Waals surface area contributed by atoms with Gasteiger partial charge in [-0.1, -0.05) is 17.7 Å². The molecule has 0 unspecified atom stereocenters. The molecule has 0 fully saturated rings. The molecule has 0 saturated carbocycles. The van der Waals surface area contributed by atoms with Crippen molar-refractivity contribution in [1.29, 1.82) is 0 Å². The van der Waals surface area contributed by atoms with Crippen LogP contribution in [0.4, 0.5) is 20.2 Å². The van der Waals surface area contributed by atoms with Crippen LogP contribution in [-0.4, -0.2) is 127 Å². The van der Waals surface area contributed by atoms with Gasteiger partial charge in [0, 0.05) is 74.4 Å². The first-order valence-electron chi connectivity index (χ1n) is 22.6. The van der Waals surface area contributed by atoms with Gasteiger partial charge in [-0.25, -0.2) is 8.78 Å². The number of anilines is 2. The van der Waals surface area contributed by atoms with Gasteiger partial charge in [-0.3, -0.25) is 47.9 Å². The first-order chi connectivity index (χ1) is 37.1. The van der Waals surface area contributed by atoms with E-state index in [1.54, 1.807) is 0 Å². The number of carbonyl (C=O) groups is 9. The van der Waals surface area contributed by atoms with Gasteiger partial charge in [0.25, 0.3) is 0 Å². The molecule has 0 amide bonds. The van der Waals surface area contributed by atoms with Gasteiger partial charge in [-0.05, 0) is 42.0 Å². The molecule has 416 valence electrons. The van der Waals surface area contributed by atoms with E-state index < -0.39 is 150 Å². The molecule has 0 bridgehead atoms. The lowest BCUT2D eigenvalue weighted by atomic mass is 9.93. The van der Waals surface area contributed by atoms with Crippen molar-refractivity contribution in [3.05, 3.63) is 87.5 Å².